The van der Waals surface area contributed by atoms with E-state index in [1.807, 2.05) is 0 Å². The summed E-state index contributed by atoms with van der Waals surface area (Å²) in [5, 5.41) is 19.8. The van der Waals surface area contributed by atoms with Crippen LogP contribution in [-0.4, -0.2) is 66.1 Å². The van der Waals surface area contributed by atoms with Gasteiger partial charge in [0, 0.05) is 20.2 Å². The molecule has 0 saturated carbocycles. The molecule has 1 rings (SSSR count). The first-order valence-corrected chi connectivity index (χ1v) is 6.01. The highest BCUT2D eigenvalue weighted by molar-refractivity contribution is 5.82. The summed E-state index contributed by atoms with van der Waals surface area (Å²) in [6.45, 7) is 0.493. The van der Waals surface area contributed by atoms with Gasteiger partial charge >= 0.3 is 12.0 Å². The molecule has 2 unspecified atom stereocenters. The fourth-order valence-corrected chi connectivity index (χ4v) is 1.78. The Morgan fingerprint density at radius 2 is 2.22 bits per heavy atom. The highest BCUT2D eigenvalue weighted by atomic mass is 16.5. The van der Waals surface area contributed by atoms with Crippen molar-refractivity contribution < 1.29 is 24.5 Å². The number of urea groups is 1. The van der Waals surface area contributed by atoms with Crippen LogP contribution in [0, 0.1) is 0 Å². The smallest absolute Gasteiger partial charge is 0.328 e. The number of ether oxygens (including phenoxy) is 1. The lowest BCUT2D eigenvalue weighted by Gasteiger charge is -2.28. The fraction of sp³-hybridized carbons (Fsp3) is 0.818. The minimum atomic E-state index is -1.27. The van der Waals surface area contributed by atoms with Gasteiger partial charge in [0.05, 0.1) is 12.7 Å². The molecule has 104 valence electrons. The molecule has 0 bridgehead atoms. The van der Waals surface area contributed by atoms with E-state index in [0.717, 1.165) is 19.3 Å². The Bertz CT molecular complexity index is 291. The monoisotopic (exact) mass is 260 g/mol. The Labute approximate surface area is 106 Å². The third-order valence-corrected chi connectivity index (χ3v) is 2.88. The number of hydrogen-bond donors (Lipinski definition) is 3. The molecule has 2 amide bonds. The molecule has 0 aromatic carbocycles. The number of carboxylic acids is 1. The summed E-state index contributed by atoms with van der Waals surface area (Å²) in [4.78, 5) is 23.7. The number of nitrogens with zero attached hydrogens (tertiary/aromatic N) is 1. The van der Waals surface area contributed by atoms with Gasteiger partial charge in [0.15, 0.2) is 6.04 Å². The van der Waals surface area contributed by atoms with Crippen LogP contribution in [0.1, 0.15) is 19.3 Å². The van der Waals surface area contributed by atoms with E-state index in [1.165, 1.54) is 4.90 Å². The molecule has 1 saturated heterocycles. The fourth-order valence-electron chi connectivity index (χ4n) is 1.78. The second kappa shape index (κ2) is 7.17. The van der Waals surface area contributed by atoms with Gasteiger partial charge in [-0.3, -0.25) is 0 Å². The average molecular weight is 260 g/mol. The molecule has 0 aliphatic carbocycles. The van der Waals surface area contributed by atoms with Crippen LogP contribution in [0.2, 0.25) is 0 Å². The van der Waals surface area contributed by atoms with Gasteiger partial charge in [-0.1, -0.05) is 0 Å². The Morgan fingerprint density at radius 3 is 2.72 bits per heavy atom. The Balaban J connectivity index is 2.37. The quantitative estimate of drug-likeness (QED) is 0.627. The zero-order chi connectivity index (χ0) is 13.5. The third-order valence-electron chi connectivity index (χ3n) is 2.88. The van der Waals surface area contributed by atoms with E-state index in [4.69, 9.17) is 14.9 Å². The van der Waals surface area contributed by atoms with Crippen molar-refractivity contribution in [2.75, 3.05) is 26.8 Å². The van der Waals surface area contributed by atoms with Crippen LogP contribution in [0.5, 0.6) is 0 Å². The second-order valence-electron chi connectivity index (χ2n) is 4.39. The van der Waals surface area contributed by atoms with Crippen molar-refractivity contribution in [3.63, 3.8) is 0 Å². The first-order chi connectivity index (χ1) is 8.54. The van der Waals surface area contributed by atoms with Crippen LogP contribution < -0.4 is 5.32 Å². The van der Waals surface area contributed by atoms with Crippen molar-refractivity contribution in [2.24, 2.45) is 0 Å². The van der Waals surface area contributed by atoms with Crippen LogP contribution in [0.4, 0.5) is 4.79 Å². The molecule has 0 aromatic rings. The number of aliphatic carboxylic acids is 1. The largest absolute Gasteiger partial charge is 0.480 e. The predicted octanol–water partition coefficient (Wildman–Crippen LogP) is -0.358. The molecule has 0 aromatic heterocycles. The van der Waals surface area contributed by atoms with E-state index in [2.05, 4.69) is 5.32 Å². The highest BCUT2D eigenvalue weighted by Crippen LogP contribution is 2.13. The van der Waals surface area contributed by atoms with Crippen molar-refractivity contribution >= 4 is 12.0 Å². The first kappa shape index (κ1) is 14.7. The first-order valence-electron chi connectivity index (χ1n) is 6.01. The van der Waals surface area contributed by atoms with Crippen molar-refractivity contribution in [1.82, 2.24) is 10.2 Å². The van der Waals surface area contributed by atoms with E-state index >= 15 is 0 Å². The summed E-state index contributed by atoms with van der Waals surface area (Å²) in [6, 6.07) is -1.79. The SMILES string of the molecule is CN(CC1CCCCO1)C(=O)NC(CO)C(=O)O. The number of aliphatic hydroxyl groups is 1. The highest BCUT2D eigenvalue weighted by Gasteiger charge is 2.23. The topological polar surface area (TPSA) is 99.1 Å². The third kappa shape index (κ3) is 4.50. The molecule has 7 nitrogen and oxygen atoms in total. The maximum Gasteiger partial charge on any atom is 0.328 e. The lowest BCUT2D eigenvalue weighted by atomic mass is 10.1. The van der Waals surface area contributed by atoms with Gasteiger partial charge in [-0.05, 0) is 19.3 Å². The molecule has 0 spiro atoms. The predicted molar refractivity (Wildman–Crippen MR) is 63.3 cm³/mol. The van der Waals surface area contributed by atoms with Crippen molar-refractivity contribution in [3.05, 3.63) is 0 Å². The van der Waals surface area contributed by atoms with Crippen LogP contribution in [-0.2, 0) is 9.53 Å². The van der Waals surface area contributed by atoms with Gasteiger partial charge in [0.2, 0.25) is 0 Å². The number of likely N-dealkylation sites (N-methyl/N-ethyl adjacent to an activating group) is 1. The van der Waals surface area contributed by atoms with Crippen molar-refractivity contribution in [3.8, 4) is 0 Å². The van der Waals surface area contributed by atoms with Crippen LogP contribution in [0.15, 0.2) is 0 Å². The van der Waals surface area contributed by atoms with Crippen LogP contribution in [0.3, 0.4) is 0 Å². The lowest BCUT2D eigenvalue weighted by molar-refractivity contribution is -0.140. The lowest BCUT2D eigenvalue weighted by Crippen LogP contribution is -2.50. The van der Waals surface area contributed by atoms with E-state index in [9.17, 15) is 9.59 Å². The number of rotatable bonds is 5. The molecule has 1 fully saturated rings. The normalized spacial score (nSPS) is 21.1. The van der Waals surface area contributed by atoms with Crippen molar-refractivity contribution in [1.29, 1.82) is 0 Å². The summed E-state index contributed by atoms with van der Waals surface area (Å²) < 4.78 is 5.49. The minimum absolute atomic E-state index is 0.00639. The van der Waals surface area contributed by atoms with Gasteiger partial charge in [0.25, 0.3) is 0 Å². The summed E-state index contributed by atoms with van der Waals surface area (Å²) in [5.74, 6) is -1.26. The number of carbonyl (C=O) groups excluding carboxylic acids is 1. The maximum atomic E-state index is 11.7. The molecular weight excluding hydrogens is 240 g/mol. The standard InChI is InChI=1S/C11H20N2O5/c1-13(6-8-4-2-3-5-18-8)11(17)12-9(7-14)10(15)16/h8-9,14H,2-7H2,1H3,(H,12,17)(H,15,16). The number of aliphatic hydroxyl groups excluding tert-OH is 1. The van der Waals surface area contributed by atoms with E-state index in [1.54, 1.807) is 7.05 Å². The van der Waals surface area contributed by atoms with E-state index in [-0.39, 0.29) is 6.10 Å². The minimum Gasteiger partial charge on any atom is -0.480 e. The van der Waals surface area contributed by atoms with Crippen LogP contribution >= 0.6 is 0 Å². The molecular formula is C11H20N2O5. The van der Waals surface area contributed by atoms with Gasteiger partial charge in [0.1, 0.15) is 0 Å². The van der Waals surface area contributed by atoms with Crippen molar-refractivity contribution in [2.45, 2.75) is 31.4 Å². The number of nitrogens with one attached hydrogen (secondary N) is 1. The number of hydrogen-bond acceptors (Lipinski definition) is 4. The van der Waals surface area contributed by atoms with Gasteiger partial charge in [-0.15, -0.1) is 0 Å². The van der Waals surface area contributed by atoms with E-state index in [0.29, 0.717) is 13.2 Å². The zero-order valence-corrected chi connectivity index (χ0v) is 10.5. The van der Waals surface area contributed by atoms with Crippen LogP contribution in [0.25, 0.3) is 0 Å². The van der Waals surface area contributed by atoms with Gasteiger partial charge in [-0.25, -0.2) is 9.59 Å². The number of carboxylic acid groups (broad SMARTS) is 1. The summed E-state index contributed by atoms with van der Waals surface area (Å²) in [6.07, 6.45) is 3.03. The summed E-state index contributed by atoms with van der Waals surface area (Å²) >= 11 is 0. The Hall–Kier alpha value is -1.34. The Kier molecular flexibility index (Phi) is 5.87. The second-order valence-corrected chi connectivity index (χ2v) is 4.39. The Morgan fingerprint density at radius 1 is 1.50 bits per heavy atom. The number of carbonyl (C=O) groups is 2. The molecule has 2 atom stereocenters. The molecule has 1 aliphatic rings. The molecule has 7 heteroatoms. The summed E-state index contributed by atoms with van der Waals surface area (Å²) in [7, 11) is 1.57. The maximum absolute atomic E-state index is 11.7. The molecule has 3 N–H and O–H groups in total. The number of amides is 2. The van der Waals surface area contributed by atoms with Gasteiger partial charge < -0.3 is 25.2 Å². The van der Waals surface area contributed by atoms with Gasteiger partial charge in [-0.2, -0.15) is 0 Å². The molecule has 18 heavy (non-hydrogen) atoms. The molecule has 0 radical (unpaired) electrons. The molecule has 1 heterocycles. The van der Waals surface area contributed by atoms with E-state index < -0.39 is 24.6 Å². The average Bonchev–Trinajstić information content (AvgIpc) is 2.36. The summed E-state index contributed by atoms with van der Waals surface area (Å²) in [5.41, 5.74) is 0. The zero-order valence-electron chi connectivity index (χ0n) is 10.5. The molecule has 1 aliphatic heterocycles.